The van der Waals surface area contributed by atoms with E-state index in [0.717, 1.165) is 18.5 Å². The van der Waals surface area contributed by atoms with E-state index in [-0.39, 0.29) is 5.69 Å². The van der Waals surface area contributed by atoms with Crippen LogP contribution in [0.1, 0.15) is 45.3 Å². The number of aldehydes is 1. The summed E-state index contributed by atoms with van der Waals surface area (Å²) in [7, 11) is 0. The van der Waals surface area contributed by atoms with Crippen LogP contribution < -0.4 is 0 Å². The summed E-state index contributed by atoms with van der Waals surface area (Å²) in [5.41, 5.74) is 1.07. The molecule has 0 aliphatic heterocycles. The molecule has 0 bridgehead atoms. The molecule has 1 aliphatic rings. The van der Waals surface area contributed by atoms with Crippen molar-refractivity contribution >= 4 is 12.3 Å². The maximum atomic E-state index is 10.7. The van der Waals surface area contributed by atoms with Gasteiger partial charge in [-0.15, -0.1) is 0 Å². The van der Waals surface area contributed by atoms with Gasteiger partial charge in [0, 0.05) is 17.2 Å². The molecule has 4 heteroatoms. The fraction of sp³-hybridized carbons (Fsp3) is 0.300. The van der Waals surface area contributed by atoms with Crippen molar-refractivity contribution in [1.82, 2.24) is 4.98 Å². The van der Waals surface area contributed by atoms with Gasteiger partial charge in [-0.25, -0.2) is 9.78 Å². The molecule has 2 rings (SSSR count). The second kappa shape index (κ2) is 3.21. The van der Waals surface area contributed by atoms with Crippen LogP contribution in [0.3, 0.4) is 0 Å². The molecule has 4 nitrogen and oxygen atoms in total. The Labute approximate surface area is 80.6 Å². The van der Waals surface area contributed by atoms with Crippen LogP contribution >= 0.6 is 0 Å². The monoisotopic (exact) mass is 191 g/mol. The fourth-order valence-corrected chi connectivity index (χ4v) is 1.34. The number of aromatic nitrogens is 1. The van der Waals surface area contributed by atoms with Gasteiger partial charge >= 0.3 is 5.97 Å². The Morgan fingerprint density at radius 1 is 1.50 bits per heavy atom. The van der Waals surface area contributed by atoms with Crippen LogP contribution in [0.4, 0.5) is 0 Å². The van der Waals surface area contributed by atoms with Gasteiger partial charge in [-0.3, -0.25) is 4.79 Å². The summed E-state index contributed by atoms with van der Waals surface area (Å²) in [6, 6.07) is 2.96. The normalized spacial score (nSPS) is 15.1. The van der Waals surface area contributed by atoms with Gasteiger partial charge in [0.1, 0.15) is 12.0 Å². The summed E-state index contributed by atoms with van der Waals surface area (Å²) in [4.78, 5) is 25.2. The van der Waals surface area contributed by atoms with E-state index in [1.54, 1.807) is 6.07 Å². The average molecular weight is 191 g/mol. The molecule has 14 heavy (non-hydrogen) atoms. The molecular formula is C10H9NO3. The summed E-state index contributed by atoms with van der Waals surface area (Å²) in [5.74, 6) is -0.733. The molecule has 1 aliphatic carbocycles. The maximum Gasteiger partial charge on any atom is 0.354 e. The minimum atomic E-state index is -1.09. The molecule has 0 spiro atoms. The minimum absolute atomic E-state index is 0.0449. The molecule has 0 saturated heterocycles. The van der Waals surface area contributed by atoms with Gasteiger partial charge in [-0.2, -0.15) is 0 Å². The molecule has 0 radical (unpaired) electrons. The van der Waals surface area contributed by atoms with Gasteiger partial charge < -0.3 is 5.11 Å². The first-order valence-corrected chi connectivity index (χ1v) is 4.41. The van der Waals surface area contributed by atoms with Gasteiger partial charge in [0.05, 0.1) is 0 Å². The highest BCUT2D eigenvalue weighted by Crippen LogP contribution is 2.39. The first kappa shape index (κ1) is 8.87. The predicted octanol–water partition coefficient (Wildman–Crippen LogP) is 1.47. The van der Waals surface area contributed by atoms with Crippen LogP contribution in [-0.4, -0.2) is 22.3 Å². The number of carbonyl (C=O) groups is 2. The highest BCUT2D eigenvalue weighted by molar-refractivity contribution is 5.88. The first-order chi connectivity index (χ1) is 6.70. The van der Waals surface area contributed by atoms with E-state index in [1.807, 2.05) is 0 Å². The van der Waals surface area contributed by atoms with Crippen LogP contribution in [0.2, 0.25) is 0 Å². The van der Waals surface area contributed by atoms with E-state index in [2.05, 4.69) is 4.98 Å². The predicted molar refractivity (Wildman–Crippen MR) is 48.6 cm³/mol. The van der Waals surface area contributed by atoms with Crippen LogP contribution in [0.15, 0.2) is 12.1 Å². The Hall–Kier alpha value is -1.71. The van der Waals surface area contributed by atoms with Crippen molar-refractivity contribution < 1.29 is 14.7 Å². The van der Waals surface area contributed by atoms with Gasteiger partial charge in [-0.05, 0) is 25.0 Å². The van der Waals surface area contributed by atoms with E-state index in [1.165, 1.54) is 6.07 Å². The molecule has 1 heterocycles. The fourth-order valence-electron chi connectivity index (χ4n) is 1.34. The molecule has 0 atom stereocenters. The third-order valence-corrected chi connectivity index (χ3v) is 2.22. The van der Waals surface area contributed by atoms with E-state index >= 15 is 0 Å². The lowest BCUT2D eigenvalue weighted by molar-refractivity contribution is 0.0690. The molecule has 0 aromatic carbocycles. The van der Waals surface area contributed by atoms with Crippen LogP contribution in [0.5, 0.6) is 0 Å². The van der Waals surface area contributed by atoms with Crippen molar-refractivity contribution in [2.45, 2.75) is 18.8 Å². The van der Waals surface area contributed by atoms with E-state index < -0.39 is 5.97 Å². The van der Waals surface area contributed by atoms with E-state index in [4.69, 9.17) is 5.11 Å². The second-order valence-corrected chi connectivity index (χ2v) is 3.41. The lowest BCUT2D eigenvalue weighted by atomic mass is 10.1. The van der Waals surface area contributed by atoms with Crippen LogP contribution in [-0.2, 0) is 0 Å². The van der Waals surface area contributed by atoms with E-state index in [9.17, 15) is 9.59 Å². The molecule has 1 N–H and O–H groups in total. The van der Waals surface area contributed by atoms with E-state index in [0.29, 0.717) is 17.8 Å². The standard InChI is InChI=1S/C10H9NO3/c12-5-6-3-8(7-1-2-7)11-9(4-6)10(13)14/h3-5,7H,1-2H2,(H,13,14). The number of hydrogen-bond donors (Lipinski definition) is 1. The zero-order chi connectivity index (χ0) is 10.1. The quantitative estimate of drug-likeness (QED) is 0.734. The van der Waals surface area contributed by atoms with Gasteiger partial charge in [0.25, 0.3) is 0 Å². The molecule has 72 valence electrons. The van der Waals surface area contributed by atoms with Crippen molar-refractivity contribution in [3.8, 4) is 0 Å². The zero-order valence-electron chi connectivity index (χ0n) is 7.43. The van der Waals surface area contributed by atoms with Gasteiger partial charge in [0.2, 0.25) is 0 Å². The first-order valence-electron chi connectivity index (χ1n) is 4.41. The lowest BCUT2D eigenvalue weighted by Gasteiger charge is -2.01. The summed E-state index contributed by atoms with van der Waals surface area (Å²) in [6.45, 7) is 0. The van der Waals surface area contributed by atoms with Crippen molar-refractivity contribution in [1.29, 1.82) is 0 Å². The number of rotatable bonds is 3. The number of carboxylic acid groups (broad SMARTS) is 1. The van der Waals surface area contributed by atoms with Gasteiger partial charge in [0.15, 0.2) is 0 Å². The highest BCUT2D eigenvalue weighted by atomic mass is 16.4. The third kappa shape index (κ3) is 1.64. The molecule has 1 saturated carbocycles. The minimum Gasteiger partial charge on any atom is -0.477 e. The van der Waals surface area contributed by atoms with Gasteiger partial charge in [-0.1, -0.05) is 0 Å². The Bertz CT molecular complexity index is 396. The summed E-state index contributed by atoms with van der Waals surface area (Å²) in [5, 5.41) is 8.75. The molecule has 1 aromatic rings. The maximum absolute atomic E-state index is 10.7. The number of carboxylic acids is 1. The van der Waals surface area contributed by atoms with Crippen LogP contribution in [0, 0.1) is 0 Å². The number of pyridine rings is 1. The number of aromatic carboxylic acids is 1. The van der Waals surface area contributed by atoms with Crippen molar-refractivity contribution in [2.75, 3.05) is 0 Å². The Balaban J connectivity index is 2.45. The number of nitrogens with zero attached hydrogens (tertiary/aromatic N) is 1. The second-order valence-electron chi connectivity index (χ2n) is 3.41. The number of carbonyl (C=O) groups excluding carboxylic acids is 1. The highest BCUT2D eigenvalue weighted by Gasteiger charge is 2.26. The zero-order valence-corrected chi connectivity index (χ0v) is 7.43. The smallest absolute Gasteiger partial charge is 0.354 e. The summed E-state index contributed by atoms with van der Waals surface area (Å²) in [6.07, 6.45) is 2.72. The largest absolute Gasteiger partial charge is 0.477 e. The average Bonchev–Trinajstić information content (AvgIpc) is 3.00. The third-order valence-electron chi connectivity index (χ3n) is 2.22. The topological polar surface area (TPSA) is 67.3 Å². The van der Waals surface area contributed by atoms with Crippen LogP contribution in [0.25, 0.3) is 0 Å². The summed E-state index contributed by atoms with van der Waals surface area (Å²) < 4.78 is 0. The Morgan fingerprint density at radius 3 is 2.71 bits per heavy atom. The molecule has 0 unspecified atom stereocenters. The molecule has 1 fully saturated rings. The van der Waals surface area contributed by atoms with Crippen molar-refractivity contribution in [3.63, 3.8) is 0 Å². The lowest BCUT2D eigenvalue weighted by Crippen LogP contribution is -2.04. The van der Waals surface area contributed by atoms with Crippen molar-refractivity contribution in [3.05, 3.63) is 29.1 Å². The Kier molecular flexibility index (Phi) is 2.04. The Morgan fingerprint density at radius 2 is 2.21 bits per heavy atom. The summed E-state index contributed by atoms with van der Waals surface area (Å²) >= 11 is 0. The molecular weight excluding hydrogens is 182 g/mol. The molecule has 0 amide bonds. The SMILES string of the molecule is O=Cc1cc(C(=O)O)nc(C2CC2)c1. The molecule has 1 aromatic heterocycles. The van der Waals surface area contributed by atoms with Crippen molar-refractivity contribution in [2.24, 2.45) is 0 Å². The number of hydrogen-bond acceptors (Lipinski definition) is 3.